The Morgan fingerprint density at radius 3 is 1.75 bits per heavy atom. The third-order valence-electron chi connectivity index (χ3n) is 0.827. The van der Waals surface area contributed by atoms with Gasteiger partial charge >= 0.3 is 29.6 Å². The summed E-state index contributed by atoms with van der Waals surface area (Å²) in [6, 6.07) is 0. The van der Waals surface area contributed by atoms with Gasteiger partial charge in [-0.2, -0.15) is 0 Å². The van der Waals surface area contributed by atoms with Crippen LogP contribution in [0.5, 0.6) is 0 Å². The van der Waals surface area contributed by atoms with Crippen molar-refractivity contribution in [1.29, 1.82) is 0 Å². The van der Waals surface area contributed by atoms with E-state index >= 15 is 0 Å². The molecule has 0 aromatic rings. The van der Waals surface area contributed by atoms with Crippen molar-refractivity contribution in [2.75, 3.05) is 13.2 Å². The van der Waals surface area contributed by atoms with Crippen molar-refractivity contribution in [3.05, 3.63) is 0 Å². The van der Waals surface area contributed by atoms with E-state index in [0.717, 1.165) is 13.2 Å². The van der Waals surface area contributed by atoms with Crippen molar-refractivity contribution in [3.63, 3.8) is 0 Å². The molecule has 1 saturated heterocycles. The van der Waals surface area contributed by atoms with Crippen LogP contribution in [0.25, 0.3) is 0 Å². The standard InChI is InChI=1S/C4H8O.CH2O.Na.H/c1-2-4-5-3-1;1-2;;/h1-4H2;1H2;;/q;;+1;-1. The topological polar surface area (TPSA) is 26.3 Å². The molecule has 1 heterocycles. The molecule has 0 aromatic carbocycles. The number of ether oxygens (including phenoxy) is 1. The summed E-state index contributed by atoms with van der Waals surface area (Å²) in [4.78, 5) is 8.00. The summed E-state index contributed by atoms with van der Waals surface area (Å²) in [6.07, 6.45) is 2.56. The van der Waals surface area contributed by atoms with Crippen molar-refractivity contribution in [1.82, 2.24) is 0 Å². The van der Waals surface area contributed by atoms with Gasteiger partial charge in [0.05, 0.1) is 0 Å². The molecule has 3 heteroatoms. The first-order valence-corrected chi connectivity index (χ1v) is 2.37. The molecule has 0 N–H and O–H groups in total. The maximum absolute atomic E-state index is 8.00. The van der Waals surface area contributed by atoms with Gasteiger partial charge in [0.1, 0.15) is 6.79 Å². The minimum atomic E-state index is 0. The molecule has 8 heavy (non-hydrogen) atoms. The van der Waals surface area contributed by atoms with E-state index in [0.29, 0.717) is 0 Å². The van der Waals surface area contributed by atoms with E-state index in [1.807, 2.05) is 6.79 Å². The summed E-state index contributed by atoms with van der Waals surface area (Å²) in [5, 5.41) is 0. The van der Waals surface area contributed by atoms with Gasteiger partial charge in [0.2, 0.25) is 0 Å². The molecule has 0 radical (unpaired) electrons. The van der Waals surface area contributed by atoms with Gasteiger partial charge in [-0.1, -0.05) is 0 Å². The first-order chi connectivity index (χ1) is 3.50. The molecule has 0 amide bonds. The summed E-state index contributed by atoms with van der Waals surface area (Å²) in [5.74, 6) is 0. The number of carbonyl (C=O) groups is 1. The fourth-order valence-corrected chi connectivity index (χ4v) is 0.510. The minimum Gasteiger partial charge on any atom is -1.00 e. The van der Waals surface area contributed by atoms with Gasteiger partial charge in [-0.3, -0.25) is 0 Å². The molecule has 0 saturated carbocycles. The molecule has 1 aliphatic heterocycles. The van der Waals surface area contributed by atoms with Crippen molar-refractivity contribution in [2.45, 2.75) is 12.8 Å². The van der Waals surface area contributed by atoms with Gasteiger partial charge in [0, 0.05) is 13.2 Å². The fourth-order valence-electron chi connectivity index (χ4n) is 0.510. The van der Waals surface area contributed by atoms with Crippen LogP contribution in [0, 0.1) is 0 Å². The maximum Gasteiger partial charge on any atom is 1.00 e. The zero-order valence-electron chi connectivity index (χ0n) is 6.35. The fraction of sp³-hybridized carbons (Fsp3) is 0.800. The average molecular weight is 126 g/mol. The van der Waals surface area contributed by atoms with Gasteiger partial charge in [0.15, 0.2) is 0 Å². The van der Waals surface area contributed by atoms with Crippen LogP contribution in [0.1, 0.15) is 14.3 Å². The van der Waals surface area contributed by atoms with Gasteiger partial charge in [-0.15, -0.1) is 0 Å². The molecule has 1 aliphatic rings. The van der Waals surface area contributed by atoms with Gasteiger partial charge < -0.3 is 11.0 Å². The van der Waals surface area contributed by atoms with Gasteiger partial charge in [-0.25, -0.2) is 0 Å². The SMILES string of the molecule is C1CCOC1.C=O.[H-].[Na+]. The van der Waals surface area contributed by atoms with E-state index in [4.69, 9.17) is 9.53 Å². The largest absolute Gasteiger partial charge is 1.00 e. The summed E-state index contributed by atoms with van der Waals surface area (Å²) in [7, 11) is 0. The molecule has 1 rings (SSSR count). The van der Waals surface area contributed by atoms with E-state index in [9.17, 15) is 0 Å². The zero-order valence-corrected chi connectivity index (χ0v) is 7.35. The number of hydrogen-bond acceptors (Lipinski definition) is 2. The van der Waals surface area contributed by atoms with Crippen molar-refractivity contribution in [2.24, 2.45) is 0 Å². The smallest absolute Gasteiger partial charge is 1.00 e. The predicted molar refractivity (Wildman–Crippen MR) is 28.3 cm³/mol. The molecule has 2 nitrogen and oxygen atoms in total. The molecule has 44 valence electrons. The van der Waals surface area contributed by atoms with Crippen LogP contribution >= 0.6 is 0 Å². The average Bonchev–Trinajstić information content (AvgIpc) is 2.23. The van der Waals surface area contributed by atoms with Crippen LogP contribution in [0.2, 0.25) is 0 Å². The Kier molecular flexibility index (Phi) is 15.1. The zero-order chi connectivity index (χ0) is 5.54. The van der Waals surface area contributed by atoms with Crippen LogP contribution in [-0.2, 0) is 9.53 Å². The van der Waals surface area contributed by atoms with E-state index in [-0.39, 0.29) is 31.0 Å². The molecule has 0 atom stereocenters. The van der Waals surface area contributed by atoms with Gasteiger partial charge in [0.25, 0.3) is 0 Å². The maximum atomic E-state index is 8.00. The first-order valence-electron chi connectivity index (χ1n) is 2.37. The van der Waals surface area contributed by atoms with Crippen molar-refractivity contribution >= 4 is 6.79 Å². The molecule has 0 spiro atoms. The number of hydrogen-bond donors (Lipinski definition) is 0. The molecular weight excluding hydrogens is 115 g/mol. The van der Waals surface area contributed by atoms with E-state index in [2.05, 4.69) is 0 Å². The van der Waals surface area contributed by atoms with Crippen LogP contribution in [0.15, 0.2) is 0 Å². The van der Waals surface area contributed by atoms with E-state index < -0.39 is 0 Å². The Balaban J connectivity index is -0.0000000836. The molecule has 0 aromatic heterocycles. The normalized spacial score (nSPS) is 15.5. The third kappa shape index (κ3) is 6.63. The van der Waals surface area contributed by atoms with Crippen LogP contribution in [0.4, 0.5) is 0 Å². The van der Waals surface area contributed by atoms with Gasteiger partial charge in [-0.05, 0) is 12.8 Å². The summed E-state index contributed by atoms with van der Waals surface area (Å²) in [5.41, 5.74) is 0. The molecular formula is C5H11NaO2. The van der Waals surface area contributed by atoms with E-state index in [1.54, 1.807) is 0 Å². The third-order valence-corrected chi connectivity index (χ3v) is 0.827. The number of rotatable bonds is 0. The van der Waals surface area contributed by atoms with Crippen molar-refractivity contribution < 1.29 is 40.5 Å². The number of carbonyl (C=O) groups excluding carboxylic acids is 1. The molecule has 1 fully saturated rings. The Labute approximate surface area is 73.4 Å². The molecule has 0 unspecified atom stereocenters. The Bertz CT molecular complexity index is 34.3. The first kappa shape index (κ1) is 11.4. The molecule has 0 aliphatic carbocycles. The molecule has 0 bridgehead atoms. The summed E-state index contributed by atoms with van der Waals surface area (Å²) >= 11 is 0. The van der Waals surface area contributed by atoms with Crippen LogP contribution in [0.3, 0.4) is 0 Å². The predicted octanol–water partition coefficient (Wildman–Crippen LogP) is -2.27. The Morgan fingerprint density at radius 2 is 1.62 bits per heavy atom. The minimum absolute atomic E-state index is 0. The summed E-state index contributed by atoms with van der Waals surface area (Å²) in [6.45, 7) is 4.00. The monoisotopic (exact) mass is 126 g/mol. The quantitative estimate of drug-likeness (QED) is 0.342. The van der Waals surface area contributed by atoms with Crippen molar-refractivity contribution in [3.8, 4) is 0 Å². The second-order valence-electron chi connectivity index (χ2n) is 1.32. The van der Waals surface area contributed by atoms with Crippen LogP contribution < -0.4 is 29.6 Å². The Morgan fingerprint density at radius 1 is 1.25 bits per heavy atom. The summed E-state index contributed by atoms with van der Waals surface area (Å²) < 4.78 is 4.94. The van der Waals surface area contributed by atoms with Crippen LogP contribution in [-0.4, -0.2) is 20.0 Å². The second-order valence-corrected chi connectivity index (χ2v) is 1.32. The van der Waals surface area contributed by atoms with E-state index in [1.165, 1.54) is 12.8 Å². The Hall–Kier alpha value is 0.630. The second kappa shape index (κ2) is 10.6.